The van der Waals surface area contributed by atoms with E-state index < -0.39 is 5.97 Å². The molecule has 1 aromatic carbocycles. The summed E-state index contributed by atoms with van der Waals surface area (Å²) < 4.78 is 4.63. The molecule has 0 atom stereocenters. The number of hydrogen-bond acceptors (Lipinski definition) is 4. The van der Waals surface area contributed by atoms with Gasteiger partial charge in [-0.05, 0) is 18.6 Å². The van der Waals surface area contributed by atoms with Crippen LogP contribution in [-0.4, -0.2) is 23.0 Å². The Morgan fingerprint density at radius 3 is 2.71 bits per heavy atom. The smallest absolute Gasteiger partial charge is 0.356 e. The summed E-state index contributed by atoms with van der Waals surface area (Å²) in [4.78, 5) is 19.4. The maximum atomic E-state index is 11.4. The highest BCUT2D eigenvalue weighted by molar-refractivity contribution is 5.88. The molecule has 0 saturated heterocycles. The fourth-order valence-electron chi connectivity index (χ4n) is 1.58. The van der Waals surface area contributed by atoms with E-state index >= 15 is 0 Å². The molecule has 0 saturated carbocycles. The molecule has 0 bridgehead atoms. The van der Waals surface area contributed by atoms with Crippen LogP contribution in [0, 0.1) is 6.92 Å². The van der Waals surface area contributed by atoms with E-state index in [4.69, 9.17) is 0 Å². The van der Waals surface area contributed by atoms with Gasteiger partial charge in [-0.25, -0.2) is 14.8 Å². The van der Waals surface area contributed by atoms with Crippen molar-refractivity contribution in [2.45, 2.75) is 6.92 Å². The number of ether oxygens (including phenoxy) is 1. The molecule has 0 radical (unpaired) electrons. The first kappa shape index (κ1) is 11.3. The van der Waals surface area contributed by atoms with Gasteiger partial charge in [0.1, 0.15) is 6.33 Å². The summed E-state index contributed by atoms with van der Waals surface area (Å²) in [5.74, 6) is -0.456. The zero-order valence-electron chi connectivity index (χ0n) is 9.68. The van der Waals surface area contributed by atoms with E-state index in [0.717, 1.165) is 16.8 Å². The molecule has 0 unspecified atom stereocenters. The first-order valence-electron chi connectivity index (χ1n) is 5.18. The molecule has 0 fully saturated rings. The molecule has 1 heterocycles. The van der Waals surface area contributed by atoms with Gasteiger partial charge in [-0.2, -0.15) is 0 Å². The Morgan fingerprint density at radius 2 is 2.00 bits per heavy atom. The predicted molar refractivity (Wildman–Crippen MR) is 63.5 cm³/mol. The molecule has 0 aliphatic rings. The van der Waals surface area contributed by atoms with Crippen molar-refractivity contribution >= 4 is 5.97 Å². The summed E-state index contributed by atoms with van der Waals surface area (Å²) >= 11 is 0. The van der Waals surface area contributed by atoms with Crippen molar-refractivity contribution in [3.63, 3.8) is 0 Å². The molecule has 0 aliphatic carbocycles. The van der Waals surface area contributed by atoms with Crippen molar-refractivity contribution in [3.05, 3.63) is 47.9 Å². The van der Waals surface area contributed by atoms with E-state index in [1.54, 1.807) is 6.07 Å². The third-order valence-electron chi connectivity index (χ3n) is 2.48. The average Bonchev–Trinajstić information content (AvgIpc) is 2.38. The summed E-state index contributed by atoms with van der Waals surface area (Å²) in [6.07, 6.45) is 1.37. The Hall–Kier alpha value is -2.23. The van der Waals surface area contributed by atoms with Gasteiger partial charge in [0.25, 0.3) is 0 Å². The number of aromatic nitrogens is 2. The van der Waals surface area contributed by atoms with Gasteiger partial charge in [-0.15, -0.1) is 0 Å². The molecular formula is C13H12N2O2. The number of benzene rings is 1. The molecule has 4 nitrogen and oxygen atoms in total. The number of aryl methyl sites for hydroxylation is 1. The highest BCUT2D eigenvalue weighted by Crippen LogP contribution is 2.20. The Morgan fingerprint density at radius 1 is 1.24 bits per heavy atom. The topological polar surface area (TPSA) is 52.1 Å². The maximum Gasteiger partial charge on any atom is 0.356 e. The minimum absolute atomic E-state index is 0.265. The molecule has 17 heavy (non-hydrogen) atoms. The number of rotatable bonds is 2. The molecule has 2 rings (SSSR count). The van der Waals surface area contributed by atoms with Gasteiger partial charge in [0.2, 0.25) is 0 Å². The fourth-order valence-corrected chi connectivity index (χ4v) is 1.58. The van der Waals surface area contributed by atoms with Gasteiger partial charge in [0, 0.05) is 5.56 Å². The lowest BCUT2D eigenvalue weighted by Gasteiger charge is -2.05. The minimum Gasteiger partial charge on any atom is -0.464 e. The van der Waals surface area contributed by atoms with Crippen molar-refractivity contribution < 1.29 is 9.53 Å². The minimum atomic E-state index is -0.456. The maximum absolute atomic E-state index is 11.4. The van der Waals surface area contributed by atoms with E-state index in [1.807, 2.05) is 31.2 Å². The lowest BCUT2D eigenvalue weighted by molar-refractivity contribution is 0.0594. The number of esters is 1. The van der Waals surface area contributed by atoms with Crippen LogP contribution in [0.2, 0.25) is 0 Å². The summed E-state index contributed by atoms with van der Waals surface area (Å²) in [5.41, 5.74) is 3.07. The Labute approximate surface area is 99.3 Å². The number of carbonyl (C=O) groups is 1. The highest BCUT2D eigenvalue weighted by Gasteiger charge is 2.10. The normalized spacial score (nSPS) is 10.0. The zero-order valence-corrected chi connectivity index (χ0v) is 9.68. The Balaban J connectivity index is 2.47. The largest absolute Gasteiger partial charge is 0.464 e. The molecule has 0 spiro atoms. The molecule has 0 N–H and O–H groups in total. The first-order valence-corrected chi connectivity index (χ1v) is 5.18. The predicted octanol–water partition coefficient (Wildman–Crippen LogP) is 2.24. The van der Waals surface area contributed by atoms with Crippen LogP contribution in [0.3, 0.4) is 0 Å². The van der Waals surface area contributed by atoms with Crippen LogP contribution < -0.4 is 0 Å². The van der Waals surface area contributed by atoms with Gasteiger partial charge < -0.3 is 4.74 Å². The quantitative estimate of drug-likeness (QED) is 0.740. The van der Waals surface area contributed by atoms with E-state index in [2.05, 4.69) is 14.7 Å². The van der Waals surface area contributed by atoms with Crippen molar-refractivity contribution in [2.75, 3.05) is 7.11 Å². The summed E-state index contributed by atoms with van der Waals surface area (Å²) in [6.45, 7) is 2.00. The third kappa shape index (κ3) is 2.30. The lowest BCUT2D eigenvalue weighted by Crippen LogP contribution is -2.05. The number of hydrogen-bond donors (Lipinski definition) is 0. The van der Waals surface area contributed by atoms with Gasteiger partial charge in [-0.3, -0.25) is 0 Å². The highest BCUT2D eigenvalue weighted by atomic mass is 16.5. The number of methoxy groups -OCH3 is 1. The number of nitrogens with zero attached hydrogens (tertiary/aromatic N) is 2. The van der Waals surface area contributed by atoms with Crippen molar-refractivity contribution in [1.29, 1.82) is 0 Å². The molecule has 0 amide bonds. The lowest BCUT2D eigenvalue weighted by atomic mass is 10.1. The Kier molecular flexibility index (Phi) is 3.14. The fraction of sp³-hybridized carbons (Fsp3) is 0.154. The van der Waals surface area contributed by atoms with Gasteiger partial charge >= 0.3 is 5.97 Å². The van der Waals surface area contributed by atoms with Crippen LogP contribution in [0.15, 0.2) is 36.7 Å². The second-order valence-corrected chi connectivity index (χ2v) is 3.59. The van der Waals surface area contributed by atoms with E-state index in [-0.39, 0.29) is 5.69 Å². The van der Waals surface area contributed by atoms with Crippen LogP contribution in [-0.2, 0) is 4.74 Å². The monoisotopic (exact) mass is 228 g/mol. The molecular weight excluding hydrogens is 216 g/mol. The van der Waals surface area contributed by atoms with Crippen LogP contribution in [0.5, 0.6) is 0 Å². The third-order valence-corrected chi connectivity index (χ3v) is 2.48. The first-order chi connectivity index (χ1) is 8.22. The second kappa shape index (κ2) is 4.74. The van der Waals surface area contributed by atoms with Crippen LogP contribution in [0.4, 0.5) is 0 Å². The van der Waals surface area contributed by atoms with Gasteiger partial charge in [0.05, 0.1) is 12.8 Å². The van der Waals surface area contributed by atoms with E-state index in [0.29, 0.717) is 0 Å². The van der Waals surface area contributed by atoms with Crippen LogP contribution >= 0.6 is 0 Å². The molecule has 86 valence electrons. The van der Waals surface area contributed by atoms with Crippen LogP contribution in [0.1, 0.15) is 16.1 Å². The SMILES string of the molecule is COC(=O)c1cc(-c2ccccc2C)ncn1. The summed E-state index contributed by atoms with van der Waals surface area (Å²) in [5, 5.41) is 0. The van der Waals surface area contributed by atoms with Crippen molar-refractivity contribution in [3.8, 4) is 11.3 Å². The molecule has 2 aromatic rings. The second-order valence-electron chi connectivity index (χ2n) is 3.59. The van der Waals surface area contributed by atoms with Crippen LogP contribution in [0.25, 0.3) is 11.3 Å². The van der Waals surface area contributed by atoms with Crippen molar-refractivity contribution in [1.82, 2.24) is 9.97 Å². The standard InChI is InChI=1S/C13H12N2O2/c1-9-5-3-4-6-10(9)11-7-12(13(16)17-2)15-8-14-11/h3-8H,1-2H3. The zero-order chi connectivity index (χ0) is 12.3. The Bertz CT molecular complexity index is 553. The van der Waals surface area contributed by atoms with Gasteiger partial charge in [-0.1, -0.05) is 24.3 Å². The summed E-state index contributed by atoms with van der Waals surface area (Å²) in [7, 11) is 1.33. The molecule has 0 aliphatic heterocycles. The number of carbonyl (C=O) groups excluding carboxylic acids is 1. The summed E-state index contributed by atoms with van der Waals surface area (Å²) in [6, 6.07) is 9.48. The van der Waals surface area contributed by atoms with E-state index in [1.165, 1.54) is 13.4 Å². The molecule has 4 heteroatoms. The average molecular weight is 228 g/mol. The van der Waals surface area contributed by atoms with E-state index in [9.17, 15) is 4.79 Å². The molecule has 1 aromatic heterocycles. The van der Waals surface area contributed by atoms with Gasteiger partial charge in [0.15, 0.2) is 5.69 Å². The van der Waals surface area contributed by atoms with Crippen molar-refractivity contribution in [2.24, 2.45) is 0 Å².